The molecule has 0 saturated heterocycles. The lowest BCUT2D eigenvalue weighted by Gasteiger charge is -2.09. The number of carbonyl (C=O) groups is 2. The normalized spacial score (nSPS) is 11.2. The van der Waals surface area contributed by atoms with E-state index in [-0.39, 0.29) is 13.2 Å². The van der Waals surface area contributed by atoms with Gasteiger partial charge in [0.1, 0.15) is 19.0 Å². The van der Waals surface area contributed by atoms with Gasteiger partial charge in [-0.3, -0.25) is 4.79 Å². The van der Waals surface area contributed by atoms with Gasteiger partial charge in [-0.15, -0.1) is 0 Å². The summed E-state index contributed by atoms with van der Waals surface area (Å²) in [5, 5.41) is 0. The van der Waals surface area contributed by atoms with Crippen molar-refractivity contribution in [1.29, 1.82) is 0 Å². The fourth-order valence-corrected chi connectivity index (χ4v) is 4.05. The largest absolute Gasteiger partial charge is 0.491 e. The highest BCUT2D eigenvalue weighted by molar-refractivity contribution is 6.40. The van der Waals surface area contributed by atoms with E-state index >= 15 is 0 Å². The van der Waals surface area contributed by atoms with Crippen molar-refractivity contribution in [2.45, 2.75) is 0 Å². The molecule has 0 radical (unpaired) electrons. The second kappa shape index (κ2) is 35.4. The van der Waals surface area contributed by atoms with Crippen molar-refractivity contribution < 1.29 is 71.2 Å². The summed E-state index contributed by atoms with van der Waals surface area (Å²) in [7, 11) is 0. The Morgan fingerprint density at radius 2 is 0.667 bits per heavy atom. The Bertz CT molecular complexity index is 1140. The van der Waals surface area contributed by atoms with Gasteiger partial charge in [-0.2, -0.15) is 0 Å². The minimum absolute atomic E-state index is 0.00619. The van der Waals surface area contributed by atoms with Crippen LogP contribution in [0.3, 0.4) is 0 Å². The number of nitrogens with two attached hydrogens (primary N) is 1. The Kier molecular flexibility index (Phi) is 30.8. The molecule has 0 atom stereocenters. The van der Waals surface area contributed by atoms with Crippen LogP contribution in [-0.4, -0.2) is 170 Å². The van der Waals surface area contributed by atoms with Crippen molar-refractivity contribution in [1.82, 2.24) is 0 Å². The number of nitrogen functional groups attached to an aromatic ring is 1. The smallest absolute Gasteiger partial charge is 0.379 e. The minimum Gasteiger partial charge on any atom is -0.491 e. The molecule has 2 aromatic carbocycles. The Morgan fingerprint density at radius 3 is 1.00 bits per heavy atom. The number of ketones is 1. The Labute approximate surface area is 318 Å². The molecule has 16 heteroatoms. The number of anilines is 1. The Morgan fingerprint density at radius 1 is 0.370 bits per heavy atom. The second-order valence-corrected chi connectivity index (χ2v) is 11.0. The van der Waals surface area contributed by atoms with E-state index in [2.05, 4.69) is 0 Å². The quantitative estimate of drug-likeness (QED) is 0.0344. The molecule has 306 valence electrons. The van der Waals surface area contributed by atoms with Crippen LogP contribution in [0.5, 0.6) is 5.75 Å². The maximum Gasteiger partial charge on any atom is 0.379 e. The molecule has 0 saturated carbocycles. The van der Waals surface area contributed by atoms with Crippen molar-refractivity contribution in [3.8, 4) is 5.75 Å². The molecule has 0 aliphatic carbocycles. The van der Waals surface area contributed by atoms with Crippen molar-refractivity contribution in [2.75, 3.05) is 164 Å². The molecule has 0 aromatic heterocycles. The van der Waals surface area contributed by atoms with E-state index in [1.165, 1.54) is 0 Å². The van der Waals surface area contributed by atoms with Crippen LogP contribution in [-0.2, 0) is 61.6 Å². The van der Waals surface area contributed by atoms with E-state index in [0.29, 0.717) is 157 Å². The summed E-state index contributed by atoms with van der Waals surface area (Å²) in [6, 6.07) is 15.5. The maximum absolute atomic E-state index is 11.9. The van der Waals surface area contributed by atoms with Gasteiger partial charge in [0.15, 0.2) is 0 Å². The van der Waals surface area contributed by atoms with Crippen LogP contribution in [0.2, 0.25) is 0 Å². The SMILES string of the molecule is Nc1ccc(OCCOCCOCCOCCOCCOCCOCCOCCOCCOCCOCCOCCOC(=O)C(=O)c2ccccc2)cc1. The molecular formula is C38H59NO15. The van der Waals surface area contributed by atoms with E-state index < -0.39 is 11.8 Å². The molecule has 2 N–H and O–H groups in total. The Hall–Kier alpha value is -3.26. The molecule has 0 fully saturated rings. The molecule has 2 rings (SSSR count). The van der Waals surface area contributed by atoms with E-state index in [1.54, 1.807) is 42.5 Å². The maximum atomic E-state index is 11.9. The number of esters is 1. The summed E-state index contributed by atoms with van der Waals surface area (Å²) >= 11 is 0. The van der Waals surface area contributed by atoms with Crippen LogP contribution < -0.4 is 10.5 Å². The standard InChI is InChI=1S/C38H59NO15/c39-35-6-8-36(9-7-35)53-32-30-51-28-26-49-24-22-47-20-18-45-16-14-43-12-10-42-11-13-44-15-17-46-19-21-48-23-25-50-27-29-52-31-33-54-38(41)37(40)34-4-2-1-3-5-34/h1-9H,10-33,39H2. The van der Waals surface area contributed by atoms with Gasteiger partial charge in [-0.25, -0.2) is 4.79 Å². The third-order valence-electron chi connectivity index (χ3n) is 6.78. The van der Waals surface area contributed by atoms with Gasteiger partial charge in [0.2, 0.25) is 0 Å². The van der Waals surface area contributed by atoms with Gasteiger partial charge in [-0.1, -0.05) is 30.3 Å². The highest BCUT2D eigenvalue weighted by Crippen LogP contribution is 2.12. The average molecular weight is 770 g/mol. The predicted molar refractivity (Wildman–Crippen MR) is 197 cm³/mol. The van der Waals surface area contributed by atoms with Crippen LogP contribution >= 0.6 is 0 Å². The first-order chi connectivity index (χ1) is 26.7. The molecule has 0 bridgehead atoms. The van der Waals surface area contributed by atoms with E-state index in [9.17, 15) is 9.59 Å². The second-order valence-electron chi connectivity index (χ2n) is 11.0. The first-order valence-corrected chi connectivity index (χ1v) is 18.3. The van der Waals surface area contributed by atoms with Crippen LogP contribution in [0.25, 0.3) is 0 Å². The van der Waals surface area contributed by atoms with Crippen molar-refractivity contribution in [3.63, 3.8) is 0 Å². The topological polar surface area (TPSA) is 180 Å². The van der Waals surface area contributed by atoms with Crippen LogP contribution in [0, 0.1) is 0 Å². The summed E-state index contributed by atoms with van der Waals surface area (Å²) in [5.41, 5.74) is 6.64. The van der Waals surface area contributed by atoms with Crippen LogP contribution in [0.1, 0.15) is 10.4 Å². The summed E-state index contributed by atoms with van der Waals surface area (Å²) in [5.74, 6) is -0.813. The monoisotopic (exact) mass is 769 g/mol. The first-order valence-electron chi connectivity index (χ1n) is 18.3. The fraction of sp³-hybridized carbons (Fsp3) is 0.632. The van der Waals surface area contributed by atoms with Crippen molar-refractivity contribution in [3.05, 3.63) is 60.2 Å². The summed E-state index contributed by atoms with van der Waals surface area (Å²) < 4.78 is 70.5. The van der Waals surface area contributed by atoms with E-state index in [1.807, 2.05) is 12.1 Å². The third-order valence-corrected chi connectivity index (χ3v) is 6.78. The number of Topliss-reactive ketones (excluding diaryl/α,β-unsaturated/α-hetero) is 1. The zero-order valence-corrected chi connectivity index (χ0v) is 31.4. The fourth-order valence-electron chi connectivity index (χ4n) is 4.05. The van der Waals surface area contributed by atoms with Gasteiger partial charge in [0.05, 0.1) is 145 Å². The lowest BCUT2D eigenvalue weighted by atomic mass is 10.1. The minimum atomic E-state index is -0.900. The zero-order valence-electron chi connectivity index (χ0n) is 31.4. The highest BCUT2D eigenvalue weighted by atomic mass is 16.6. The number of rotatable bonds is 39. The first kappa shape index (κ1) is 46.9. The molecule has 16 nitrogen and oxygen atoms in total. The molecule has 54 heavy (non-hydrogen) atoms. The molecule has 0 heterocycles. The summed E-state index contributed by atoms with van der Waals surface area (Å²) in [6.07, 6.45) is 0. The van der Waals surface area contributed by atoms with E-state index in [4.69, 9.17) is 67.3 Å². The van der Waals surface area contributed by atoms with Gasteiger partial charge < -0.3 is 67.3 Å². The van der Waals surface area contributed by atoms with E-state index in [0.717, 1.165) is 5.75 Å². The van der Waals surface area contributed by atoms with Gasteiger partial charge in [0, 0.05) is 11.3 Å². The molecular weight excluding hydrogens is 710 g/mol. The van der Waals surface area contributed by atoms with Crippen LogP contribution in [0.4, 0.5) is 5.69 Å². The molecule has 0 spiro atoms. The van der Waals surface area contributed by atoms with Crippen molar-refractivity contribution in [2.24, 2.45) is 0 Å². The summed E-state index contributed by atoms with van der Waals surface area (Å²) in [4.78, 5) is 23.6. The van der Waals surface area contributed by atoms with Gasteiger partial charge >= 0.3 is 5.97 Å². The lowest BCUT2D eigenvalue weighted by molar-refractivity contribution is -0.139. The summed E-state index contributed by atoms with van der Waals surface area (Å²) in [6.45, 7) is 10.4. The molecule has 0 amide bonds. The van der Waals surface area contributed by atoms with Gasteiger partial charge in [0.25, 0.3) is 5.78 Å². The number of benzene rings is 2. The van der Waals surface area contributed by atoms with Gasteiger partial charge in [-0.05, 0) is 24.3 Å². The van der Waals surface area contributed by atoms with Crippen LogP contribution in [0.15, 0.2) is 54.6 Å². The average Bonchev–Trinajstić information content (AvgIpc) is 3.19. The number of ether oxygens (including phenoxy) is 13. The highest BCUT2D eigenvalue weighted by Gasteiger charge is 2.17. The molecule has 0 aliphatic rings. The lowest BCUT2D eigenvalue weighted by Crippen LogP contribution is -2.20. The molecule has 0 unspecified atom stereocenters. The van der Waals surface area contributed by atoms with Crippen molar-refractivity contribution >= 4 is 17.4 Å². The predicted octanol–water partition coefficient (Wildman–Crippen LogP) is 2.26. The Balaban J connectivity index is 1.15. The molecule has 0 aliphatic heterocycles. The number of hydrogen-bond acceptors (Lipinski definition) is 16. The number of carbonyl (C=O) groups excluding carboxylic acids is 2. The third kappa shape index (κ3) is 28.2. The zero-order chi connectivity index (χ0) is 38.4. The molecule has 2 aromatic rings. The number of hydrogen-bond donors (Lipinski definition) is 1.